The lowest BCUT2D eigenvalue weighted by molar-refractivity contribution is -0.120. The lowest BCUT2D eigenvalue weighted by Gasteiger charge is -2.38. The van der Waals surface area contributed by atoms with E-state index < -0.39 is 10.0 Å². The van der Waals surface area contributed by atoms with Crippen LogP contribution in [0.3, 0.4) is 0 Å². The fourth-order valence-electron chi connectivity index (χ4n) is 4.49. The molecule has 8 heteroatoms. The maximum Gasteiger partial charge on any atom is 0.264 e. The number of anilines is 1. The number of sulfonamides is 1. The number of amides is 1. The van der Waals surface area contributed by atoms with Crippen LogP contribution in [0, 0.1) is 6.92 Å². The van der Waals surface area contributed by atoms with Crippen LogP contribution in [0.5, 0.6) is 0 Å². The zero-order chi connectivity index (χ0) is 24.9. The Hall–Kier alpha value is -2.87. The van der Waals surface area contributed by atoms with E-state index in [0.717, 1.165) is 22.7 Å². The van der Waals surface area contributed by atoms with Crippen molar-refractivity contribution >= 4 is 33.2 Å². The van der Waals surface area contributed by atoms with Crippen LogP contribution < -0.4 is 9.62 Å². The molecule has 35 heavy (non-hydrogen) atoms. The van der Waals surface area contributed by atoms with E-state index in [1.54, 1.807) is 43.3 Å². The molecular weight excluding hydrogens is 484 g/mol. The number of rotatable bonds is 8. The molecule has 4 rings (SSSR count). The summed E-state index contributed by atoms with van der Waals surface area (Å²) in [6, 6.07) is 23.2. The molecule has 0 aromatic heterocycles. The van der Waals surface area contributed by atoms with E-state index in [1.165, 1.54) is 12.1 Å². The van der Waals surface area contributed by atoms with Crippen molar-refractivity contribution in [1.29, 1.82) is 0 Å². The molecule has 1 aliphatic rings. The SMILES string of the molecule is Cc1cc(Cl)ccc1N(CC(=O)NCC1(c2ccccc2)CCOCC1)S(=O)(=O)c1ccccc1. The van der Waals surface area contributed by atoms with E-state index in [1.807, 2.05) is 18.2 Å². The number of ether oxygens (including phenoxy) is 1. The summed E-state index contributed by atoms with van der Waals surface area (Å²) in [6.07, 6.45) is 1.55. The summed E-state index contributed by atoms with van der Waals surface area (Å²) in [4.78, 5) is 13.3. The monoisotopic (exact) mass is 512 g/mol. The van der Waals surface area contributed by atoms with Gasteiger partial charge in [0.1, 0.15) is 6.54 Å². The number of aryl methyl sites for hydroxylation is 1. The molecule has 1 saturated heterocycles. The number of nitrogens with zero attached hydrogens (tertiary/aromatic N) is 1. The topological polar surface area (TPSA) is 75.7 Å². The maximum atomic E-state index is 13.6. The van der Waals surface area contributed by atoms with Gasteiger partial charge < -0.3 is 10.1 Å². The van der Waals surface area contributed by atoms with Crippen molar-refractivity contribution in [2.45, 2.75) is 30.1 Å². The number of hydrogen-bond acceptors (Lipinski definition) is 4. The number of benzene rings is 3. The largest absolute Gasteiger partial charge is 0.381 e. The average Bonchev–Trinajstić information content (AvgIpc) is 2.88. The molecule has 0 radical (unpaired) electrons. The van der Waals surface area contributed by atoms with Gasteiger partial charge in [-0.1, -0.05) is 60.1 Å². The summed E-state index contributed by atoms with van der Waals surface area (Å²) in [6.45, 7) is 3.06. The van der Waals surface area contributed by atoms with Crippen LogP contribution in [0.1, 0.15) is 24.0 Å². The Morgan fingerprint density at radius 2 is 1.63 bits per heavy atom. The highest BCUT2D eigenvalue weighted by Crippen LogP contribution is 2.34. The molecule has 3 aromatic rings. The predicted molar refractivity (Wildman–Crippen MR) is 138 cm³/mol. The van der Waals surface area contributed by atoms with Crippen LogP contribution in [0.4, 0.5) is 5.69 Å². The van der Waals surface area contributed by atoms with Gasteiger partial charge in [0.15, 0.2) is 0 Å². The molecule has 0 aliphatic carbocycles. The molecule has 0 spiro atoms. The van der Waals surface area contributed by atoms with Crippen LogP contribution >= 0.6 is 11.6 Å². The Bertz CT molecular complexity index is 1260. The molecular formula is C27H29ClN2O4S. The zero-order valence-corrected chi connectivity index (χ0v) is 21.2. The van der Waals surface area contributed by atoms with Gasteiger partial charge in [0.25, 0.3) is 10.0 Å². The Morgan fingerprint density at radius 1 is 1.00 bits per heavy atom. The van der Waals surface area contributed by atoms with Gasteiger partial charge in [-0.2, -0.15) is 0 Å². The van der Waals surface area contributed by atoms with Gasteiger partial charge in [0.2, 0.25) is 5.91 Å². The lowest BCUT2D eigenvalue weighted by atomic mass is 9.74. The third kappa shape index (κ3) is 5.69. The molecule has 0 unspecified atom stereocenters. The highest BCUT2D eigenvalue weighted by atomic mass is 35.5. The molecule has 1 aliphatic heterocycles. The van der Waals surface area contributed by atoms with Crippen molar-refractivity contribution in [3.8, 4) is 0 Å². The predicted octanol–water partition coefficient (Wildman–Crippen LogP) is 4.71. The lowest BCUT2D eigenvalue weighted by Crippen LogP contribution is -2.48. The number of carbonyl (C=O) groups excluding carboxylic acids is 1. The Kier molecular flexibility index (Phi) is 7.79. The van der Waals surface area contributed by atoms with Gasteiger partial charge >= 0.3 is 0 Å². The third-order valence-electron chi connectivity index (χ3n) is 6.51. The minimum absolute atomic E-state index is 0.118. The molecule has 1 heterocycles. The quantitative estimate of drug-likeness (QED) is 0.474. The first-order valence-corrected chi connectivity index (χ1v) is 13.4. The van der Waals surface area contributed by atoms with Crippen LogP contribution in [0.15, 0.2) is 83.8 Å². The van der Waals surface area contributed by atoms with E-state index in [0.29, 0.717) is 36.0 Å². The summed E-state index contributed by atoms with van der Waals surface area (Å²) < 4.78 is 33.9. The molecule has 1 N–H and O–H groups in total. The fraction of sp³-hybridized carbons (Fsp3) is 0.296. The van der Waals surface area contributed by atoms with E-state index in [2.05, 4.69) is 17.4 Å². The summed E-state index contributed by atoms with van der Waals surface area (Å²) in [5, 5.41) is 3.52. The van der Waals surface area contributed by atoms with E-state index in [4.69, 9.17) is 16.3 Å². The Balaban J connectivity index is 1.60. The third-order valence-corrected chi connectivity index (χ3v) is 8.52. The van der Waals surface area contributed by atoms with Gasteiger partial charge in [0, 0.05) is 30.2 Å². The maximum absolute atomic E-state index is 13.6. The molecule has 184 valence electrons. The van der Waals surface area contributed by atoms with E-state index >= 15 is 0 Å². The molecule has 1 fully saturated rings. The molecule has 0 atom stereocenters. The first-order valence-electron chi connectivity index (χ1n) is 11.6. The Morgan fingerprint density at radius 3 is 2.26 bits per heavy atom. The zero-order valence-electron chi connectivity index (χ0n) is 19.6. The normalized spacial score (nSPS) is 15.4. The molecule has 0 bridgehead atoms. The van der Waals surface area contributed by atoms with Crippen LogP contribution in [0.25, 0.3) is 0 Å². The van der Waals surface area contributed by atoms with Crippen LogP contribution in [0.2, 0.25) is 5.02 Å². The second kappa shape index (κ2) is 10.8. The summed E-state index contributed by atoms with van der Waals surface area (Å²) in [5.74, 6) is -0.374. The van der Waals surface area contributed by atoms with Crippen LogP contribution in [-0.2, 0) is 25.0 Å². The second-order valence-electron chi connectivity index (χ2n) is 8.79. The highest BCUT2D eigenvalue weighted by Gasteiger charge is 2.35. The van der Waals surface area contributed by atoms with Crippen molar-refractivity contribution in [1.82, 2.24) is 5.32 Å². The van der Waals surface area contributed by atoms with Gasteiger partial charge in [-0.05, 0) is 61.2 Å². The number of nitrogens with one attached hydrogen (secondary N) is 1. The minimum atomic E-state index is -3.99. The van der Waals surface area contributed by atoms with Crippen molar-refractivity contribution < 1.29 is 17.9 Å². The first-order chi connectivity index (χ1) is 16.8. The average molecular weight is 513 g/mol. The number of carbonyl (C=O) groups is 1. The molecule has 0 saturated carbocycles. The smallest absolute Gasteiger partial charge is 0.264 e. The second-order valence-corrected chi connectivity index (χ2v) is 11.1. The van der Waals surface area contributed by atoms with Crippen molar-refractivity contribution in [2.24, 2.45) is 0 Å². The van der Waals surface area contributed by atoms with Crippen molar-refractivity contribution in [2.75, 3.05) is 30.6 Å². The minimum Gasteiger partial charge on any atom is -0.381 e. The van der Waals surface area contributed by atoms with Crippen LogP contribution in [-0.4, -0.2) is 40.6 Å². The van der Waals surface area contributed by atoms with E-state index in [9.17, 15) is 13.2 Å². The van der Waals surface area contributed by atoms with Gasteiger partial charge in [0.05, 0.1) is 10.6 Å². The van der Waals surface area contributed by atoms with Crippen molar-refractivity contribution in [3.05, 3.63) is 95.0 Å². The summed E-state index contributed by atoms with van der Waals surface area (Å²) in [5.41, 5.74) is 1.97. The molecule has 3 aromatic carbocycles. The Labute approximate surface area is 211 Å². The molecule has 6 nitrogen and oxygen atoms in total. The van der Waals surface area contributed by atoms with E-state index in [-0.39, 0.29) is 22.8 Å². The van der Waals surface area contributed by atoms with Gasteiger partial charge in [-0.25, -0.2) is 8.42 Å². The van der Waals surface area contributed by atoms with Crippen molar-refractivity contribution in [3.63, 3.8) is 0 Å². The van der Waals surface area contributed by atoms with Gasteiger partial charge in [-0.15, -0.1) is 0 Å². The highest BCUT2D eigenvalue weighted by molar-refractivity contribution is 7.92. The summed E-state index contributed by atoms with van der Waals surface area (Å²) >= 11 is 6.11. The standard InChI is InChI=1S/C27H29ClN2O4S/c1-21-18-23(28)12-13-25(21)30(35(32,33)24-10-6-3-7-11-24)19-26(31)29-20-27(14-16-34-17-15-27)22-8-4-2-5-9-22/h2-13,18H,14-17,19-20H2,1H3,(H,29,31). The number of hydrogen-bond donors (Lipinski definition) is 1. The molecule has 1 amide bonds. The summed E-state index contributed by atoms with van der Waals surface area (Å²) in [7, 11) is -3.99. The first kappa shape index (κ1) is 25.2. The number of halogens is 1. The van der Waals surface area contributed by atoms with Gasteiger partial charge in [-0.3, -0.25) is 9.10 Å². The fourth-order valence-corrected chi connectivity index (χ4v) is 6.23.